The number of pyridine rings is 1. The minimum atomic E-state index is -0.682. The maximum atomic E-state index is 13.1. The van der Waals surface area contributed by atoms with Crippen LogP contribution in [0, 0.1) is 5.92 Å². The van der Waals surface area contributed by atoms with Gasteiger partial charge < -0.3 is 24.6 Å². The average molecular weight is 487 g/mol. The summed E-state index contributed by atoms with van der Waals surface area (Å²) in [5.74, 6) is 0.754. The molecule has 5 rings (SSSR count). The highest BCUT2D eigenvalue weighted by atomic mass is 16.5. The van der Waals surface area contributed by atoms with Crippen molar-refractivity contribution >= 4 is 34.7 Å². The normalized spacial score (nSPS) is 16.0. The number of ether oxygens (including phenoxy) is 1. The third-order valence-electron chi connectivity index (χ3n) is 7.14. The number of hydrogen-bond donors (Lipinski definition) is 1. The molecular formula is C28H30N4O4. The topological polar surface area (TPSA) is 91.8 Å². The number of nitrogens with one attached hydrogen (secondary N) is 1. The third-order valence-corrected chi connectivity index (χ3v) is 7.14. The first-order valence-corrected chi connectivity index (χ1v) is 12.4. The van der Waals surface area contributed by atoms with Crippen LogP contribution in [-0.2, 0) is 16.1 Å². The molecule has 0 bridgehead atoms. The van der Waals surface area contributed by atoms with E-state index in [9.17, 15) is 14.4 Å². The van der Waals surface area contributed by atoms with Gasteiger partial charge in [-0.05, 0) is 43.0 Å². The van der Waals surface area contributed by atoms with Crippen LogP contribution in [0.25, 0.3) is 10.9 Å². The van der Waals surface area contributed by atoms with E-state index in [1.165, 1.54) is 18.1 Å². The number of aldehydes is 1. The molecule has 2 aliphatic rings. The number of likely N-dealkylation sites (N-methyl/N-ethyl adjacent to an activating group) is 1. The van der Waals surface area contributed by atoms with Gasteiger partial charge >= 0.3 is 0 Å². The van der Waals surface area contributed by atoms with E-state index in [1.807, 2.05) is 36.5 Å². The van der Waals surface area contributed by atoms with Gasteiger partial charge in [0.05, 0.1) is 18.7 Å². The molecule has 186 valence electrons. The summed E-state index contributed by atoms with van der Waals surface area (Å²) in [6.07, 6.45) is 4.07. The Kier molecular flexibility index (Phi) is 6.84. The van der Waals surface area contributed by atoms with Crippen LogP contribution in [0.2, 0.25) is 0 Å². The molecule has 1 fully saturated rings. The minimum absolute atomic E-state index is 0.200. The summed E-state index contributed by atoms with van der Waals surface area (Å²) >= 11 is 0. The Morgan fingerprint density at radius 1 is 1.19 bits per heavy atom. The maximum absolute atomic E-state index is 13.1. The number of nitrogens with zero attached hydrogens (tertiary/aromatic N) is 3. The summed E-state index contributed by atoms with van der Waals surface area (Å²) in [6, 6.07) is 15.1. The highest BCUT2D eigenvalue weighted by Gasteiger charge is 2.37. The number of hydrogen-bond acceptors (Lipinski definition) is 6. The molecule has 0 radical (unpaired) electrons. The molecule has 1 saturated heterocycles. The van der Waals surface area contributed by atoms with Gasteiger partial charge in [0, 0.05) is 55.0 Å². The van der Waals surface area contributed by atoms with Crippen LogP contribution in [0.4, 0.5) is 5.69 Å². The number of benzene rings is 2. The first-order valence-electron chi connectivity index (χ1n) is 12.4. The van der Waals surface area contributed by atoms with Gasteiger partial charge in [0.1, 0.15) is 18.1 Å². The van der Waals surface area contributed by atoms with E-state index in [2.05, 4.69) is 27.3 Å². The molecule has 1 N–H and O–H groups in total. The minimum Gasteiger partial charge on any atom is -0.493 e. The van der Waals surface area contributed by atoms with Crippen LogP contribution in [0.1, 0.15) is 35.2 Å². The number of carbonyl (C=O) groups excluding carboxylic acids is 3. The number of carbonyl (C=O) groups is 3. The molecule has 3 aromatic rings. The Morgan fingerprint density at radius 2 is 2.03 bits per heavy atom. The zero-order chi connectivity index (χ0) is 25.1. The predicted octanol–water partition coefficient (Wildman–Crippen LogP) is 3.19. The fraction of sp³-hybridized carbons (Fsp3) is 0.357. The van der Waals surface area contributed by atoms with Crippen molar-refractivity contribution in [2.45, 2.75) is 31.8 Å². The monoisotopic (exact) mass is 486 g/mol. The summed E-state index contributed by atoms with van der Waals surface area (Å²) in [6.45, 7) is 2.81. The molecule has 0 spiro atoms. The Balaban J connectivity index is 1.19. The van der Waals surface area contributed by atoms with Crippen molar-refractivity contribution in [2.24, 2.45) is 5.92 Å². The van der Waals surface area contributed by atoms with Crippen molar-refractivity contribution in [2.75, 3.05) is 31.6 Å². The summed E-state index contributed by atoms with van der Waals surface area (Å²) in [5.41, 5.74) is 3.60. The summed E-state index contributed by atoms with van der Waals surface area (Å²) in [7, 11) is 1.54. The van der Waals surface area contributed by atoms with Crippen LogP contribution in [0.3, 0.4) is 0 Å². The van der Waals surface area contributed by atoms with Crippen molar-refractivity contribution in [3.8, 4) is 5.75 Å². The quantitative estimate of drug-likeness (QED) is 0.443. The smallest absolute Gasteiger partial charge is 0.255 e. The second-order valence-electron chi connectivity index (χ2n) is 9.34. The molecular weight excluding hydrogens is 456 g/mol. The molecule has 8 heteroatoms. The van der Waals surface area contributed by atoms with E-state index in [0.717, 1.165) is 36.9 Å². The number of fused-ring (bicyclic) bond motifs is 2. The molecule has 36 heavy (non-hydrogen) atoms. The van der Waals surface area contributed by atoms with Crippen LogP contribution >= 0.6 is 0 Å². The SMILES string of the molecule is CNC(=O)C(CCC=O)N1Cc2c(OCCC3CN(c4ccnc5ccccc45)C3)cccc2C1=O. The maximum Gasteiger partial charge on any atom is 0.255 e. The van der Waals surface area contributed by atoms with Crippen molar-refractivity contribution in [3.05, 3.63) is 65.9 Å². The first-order chi connectivity index (χ1) is 17.6. The summed E-state index contributed by atoms with van der Waals surface area (Å²) < 4.78 is 6.15. The van der Waals surface area contributed by atoms with Crippen LogP contribution in [0.15, 0.2) is 54.7 Å². The number of para-hydroxylation sites is 1. The third kappa shape index (κ3) is 4.51. The molecule has 0 aliphatic carbocycles. The molecule has 3 heterocycles. The summed E-state index contributed by atoms with van der Waals surface area (Å²) in [4.78, 5) is 44.7. The van der Waals surface area contributed by atoms with E-state index < -0.39 is 6.04 Å². The van der Waals surface area contributed by atoms with E-state index in [4.69, 9.17) is 4.74 Å². The molecule has 2 aromatic carbocycles. The van der Waals surface area contributed by atoms with Gasteiger partial charge in [-0.1, -0.05) is 24.3 Å². The number of rotatable bonds is 10. The number of anilines is 1. The van der Waals surface area contributed by atoms with Crippen molar-refractivity contribution < 1.29 is 19.1 Å². The molecule has 1 unspecified atom stereocenters. The Hall–Kier alpha value is -3.94. The lowest BCUT2D eigenvalue weighted by Crippen LogP contribution is -2.47. The van der Waals surface area contributed by atoms with Gasteiger partial charge in [0.25, 0.3) is 5.91 Å². The average Bonchev–Trinajstić information content (AvgIpc) is 3.22. The zero-order valence-corrected chi connectivity index (χ0v) is 20.4. The number of amides is 2. The zero-order valence-electron chi connectivity index (χ0n) is 20.4. The highest BCUT2D eigenvalue weighted by molar-refractivity contribution is 6.01. The van der Waals surface area contributed by atoms with Crippen LogP contribution in [-0.4, -0.2) is 60.8 Å². The summed E-state index contributed by atoms with van der Waals surface area (Å²) in [5, 5.41) is 3.78. The fourth-order valence-corrected chi connectivity index (χ4v) is 5.18. The van der Waals surface area contributed by atoms with Gasteiger partial charge in [-0.2, -0.15) is 0 Å². The van der Waals surface area contributed by atoms with Gasteiger partial charge in [-0.15, -0.1) is 0 Å². The molecule has 2 amide bonds. The van der Waals surface area contributed by atoms with E-state index in [1.54, 1.807) is 11.0 Å². The molecule has 1 atom stereocenters. The van der Waals surface area contributed by atoms with E-state index in [0.29, 0.717) is 36.8 Å². The van der Waals surface area contributed by atoms with Crippen LogP contribution < -0.4 is 15.0 Å². The lowest BCUT2D eigenvalue weighted by atomic mass is 9.95. The lowest BCUT2D eigenvalue weighted by molar-refractivity contribution is -0.125. The van der Waals surface area contributed by atoms with Gasteiger partial charge in [0.15, 0.2) is 0 Å². The molecule has 1 aromatic heterocycles. The lowest BCUT2D eigenvalue weighted by Gasteiger charge is -2.41. The standard InChI is InChI=1S/C28H30N4O4/c1-29-27(34)25(9-5-14-33)32-18-22-20(28(32)35)7-4-10-26(22)36-15-12-19-16-31(17-19)24-11-13-30-23-8-3-2-6-21(23)24/h2-4,6-8,10-11,13-14,19,25H,5,9,12,15-18H2,1H3,(H,29,34). The molecule has 0 saturated carbocycles. The Labute approximate surface area is 210 Å². The number of aromatic nitrogens is 1. The second kappa shape index (κ2) is 10.4. The molecule has 8 nitrogen and oxygen atoms in total. The van der Waals surface area contributed by atoms with E-state index in [-0.39, 0.29) is 18.2 Å². The van der Waals surface area contributed by atoms with Crippen LogP contribution in [0.5, 0.6) is 5.75 Å². The fourth-order valence-electron chi connectivity index (χ4n) is 5.18. The van der Waals surface area contributed by atoms with Gasteiger partial charge in [-0.25, -0.2) is 0 Å². The highest BCUT2D eigenvalue weighted by Crippen LogP contribution is 2.34. The Bertz CT molecular complexity index is 1280. The van der Waals surface area contributed by atoms with E-state index >= 15 is 0 Å². The first kappa shape index (κ1) is 23.8. The second-order valence-corrected chi connectivity index (χ2v) is 9.34. The van der Waals surface area contributed by atoms with Crippen molar-refractivity contribution in [1.82, 2.24) is 15.2 Å². The van der Waals surface area contributed by atoms with Gasteiger partial charge in [-0.3, -0.25) is 14.6 Å². The predicted molar refractivity (Wildman–Crippen MR) is 137 cm³/mol. The van der Waals surface area contributed by atoms with Crippen molar-refractivity contribution in [3.63, 3.8) is 0 Å². The molecule has 2 aliphatic heterocycles. The van der Waals surface area contributed by atoms with Crippen molar-refractivity contribution in [1.29, 1.82) is 0 Å². The largest absolute Gasteiger partial charge is 0.493 e. The van der Waals surface area contributed by atoms with Gasteiger partial charge in [0.2, 0.25) is 5.91 Å². The Morgan fingerprint density at radius 3 is 2.83 bits per heavy atom.